The third-order valence-electron chi connectivity index (χ3n) is 3.90. The van der Waals surface area contributed by atoms with Crippen LogP contribution in [0.2, 0.25) is 0 Å². The average Bonchev–Trinajstić information content (AvgIpc) is 2.98. The zero-order valence-electron chi connectivity index (χ0n) is 14.2. The Morgan fingerprint density at radius 3 is 2.46 bits per heavy atom. The van der Waals surface area contributed by atoms with Crippen molar-refractivity contribution < 1.29 is 19.8 Å². The van der Waals surface area contributed by atoms with E-state index in [1.165, 1.54) is 11.3 Å². The van der Waals surface area contributed by atoms with Crippen molar-refractivity contribution in [2.75, 3.05) is 5.32 Å². The lowest BCUT2D eigenvalue weighted by Gasteiger charge is -2.15. The monoisotopic (exact) mass is 371 g/mol. The smallest absolute Gasteiger partial charge is 0.326 e. The number of hydrogen-bond donors (Lipinski definition) is 3. The van der Waals surface area contributed by atoms with E-state index in [0.29, 0.717) is 17.0 Å². The summed E-state index contributed by atoms with van der Waals surface area (Å²) < 4.78 is 0. The van der Waals surface area contributed by atoms with Crippen LogP contribution in [0.5, 0.6) is 0 Å². The van der Waals surface area contributed by atoms with Crippen LogP contribution in [0, 0.1) is 13.8 Å². The molecule has 26 heavy (non-hydrogen) atoms. The van der Waals surface area contributed by atoms with Gasteiger partial charge < -0.3 is 15.5 Å². The van der Waals surface area contributed by atoms with Gasteiger partial charge in [-0.2, -0.15) is 0 Å². The molecular formula is C18H17N3O4S. The molecule has 0 bridgehead atoms. The second-order valence-electron chi connectivity index (χ2n) is 5.95. The van der Waals surface area contributed by atoms with Crippen LogP contribution in [0.3, 0.4) is 0 Å². The molecule has 0 amide bonds. The van der Waals surface area contributed by atoms with Crippen LogP contribution in [-0.4, -0.2) is 38.2 Å². The Kier molecular flexibility index (Phi) is 4.85. The molecule has 0 aliphatic heterocycles. The van der Waals surface area contributed by atoms with Crippen molar-refractivity contribution in [2.45, 2.75) is 26.3 Å². The number of nitrogens with zero attached hydrogens (tertiary/aromatic N) is 2. The average molecular weight is 371 g/mol. The molecular weight excluding hydrogens is 354 g/mol. The zero-order valence-corrected chi connectivity index (χ0v) is 15.0. The summed E-state index contributed by atoms with van der Waals surface area (Å²) in [5, 5.41) is 23.7. The van der Waals surface area contributed by atoms with Crippen molar-refractivity contribution in [2.24, 2.45) is 0 Å². The number of aryl methyl sites for hydroxylation is 2. The van der Waals surface area contributed by atoms with Crippen LogP contribution in [0.25, 0.3) is 21.3 Å². The van der Waals surface area contributed by atoms with Crippen LogP contribution in [0.15, 0.2) is 29.6 Å². The number of thiophene rings is 1. The van der Waals surface area contributed by atoms with Gasteiger partial charge in [-0.25, -0.2) is 14.8 Å². The van der Waals surface area contributed by atoms with Crippen molar-refractivity contribution >= 4 is 39.3 Å². The molecule has 0 spiro atoms. The van der Waals surface area contributed by atoms with E-state index in [-0.39, 0.29) is 0 Å². The molecule has 0 radical (unpaired) electrons. The fraction of sp³-hybridized carbons (Fsp3) is 0.222. The van der Waals surface area contributed by atoms with Gasteiger partial charge in [-0.1, -0.05) is 29.8 Å². The van der Waals surface area contributed by atoms with Gasteiger partial charge in [-0.15, -0.1) is 11.3 Å². The van der Waals surface area contributed by atoms with Gasteiger partial charge in [0.2, 0.25) is 0 Å². The quantitative estimate of drug-likeness (QED) is 0.609. The maximum Gasteiger partial charge on any atom is 0.326 e. The van der Waals surface area contributed by atoms with Gasteiger partial charge in [0, 0.05) is 10.9 Å². The molecule has 1 unspecified atom stereocenters. The molecule has 8 heteroatoms. The zero-order chi connectivity index (χ0) is 18.8. The summed E-state index contributed by atoms with van der Waals surface area (Å²) in [6.07, 6.45) is -0.552. The van der Waals surface area contributed by atoms with E-state index in [1.54, 1.807) is 6.92 Å². The Labute approximate surface area is 153 Å². The van der Waals surface area contributed by atoms with Crippen LogP contribution in [0.4, 0.5) is 5.82 Å². The first-order chi connectivity index (χ1) is 12.3. The summed E-state index contributed by atoms with van der Waals surface area (Å²) in [7, 11) is 0. The molecule has 3 N–H and O–H groups in total. The lowest BCUT2D eigenvalue weighted by molar-refractivity contribution is -0.144. The van der Waals surface area contributed by atoms with E-state index in [1.807, 2.05) is 36.6 Å². The van der Waals surface area contributed by atoms with Crippen LogP contribution < -0.4 is 5.32 Å². The number of hydrogen-bond acceptors (Lipinski definition) is 6. The molecule has 3 rings (SSSR count). The summed E-state index contributed by atoms with van der Waals surface area (Å²) in [5.74, 6) is -1.63. The number of anilines is 1. The van der Waals surface area contributed by atoms with Crippen LogP contribution in [-0.2, 0) is 9.59 Å². The highest BCUT2D eigenvalue weighted by atomic mass is 32.1. The van der Waals surface area contributed by atoms with Crippen LogP contribution in [0.1, 0.15) is 17.8 Å². The normalized spacial score (nSPS) is 12.1. The highest BCUT2D eigenvalue weighted by Gasteiger charge is 2.24. The molecule has 0 fully saturated rings. The predicted octanol–water partition coefficient (Wildman–Crippen LogP) is 3.31. The van der Waals surface area contributed by atoms with Crippen molar-refractivity contribution in [1.82, 2.24) is 9.97 Å². The Morgan fingerprint density at radius 1 is 1.15 bits per heavy atom. The molecule has 134 valence electrons. The lowest BCUT2D eigenvalue weighted by atomic mass is 10.0. The number of carbonyl (C=O) groups is 2. The molecule has 2 aromatic heterocycles. The third kappa shape index (κ3) is 3.65. The Morgan fingerprint density at radius 2 is 1.85 bits per heavy atom. The van der Waals surface area contributed by atoms with Crippen molar-refractivity contribution in [3.8, 4) is 11.1 Å². The molecule has 0 saturated heterocycles. The predicted molar refractivity (Wildman–Crippen MR) is 99.6 cm³/mol. The number of carboxylic acids is 2. The minimum Gasteiger partial charge on any atom is -0.481 e. The molecule has 0 aliphatic rings. The Bertz CT molecular complexity index is 982. The second kappa shape index (κ2) is 7.09. The minimum atomic E-state index is -1.28. The topological polar surface area (TPSA) is 112 Å². The van der Waals surface area contributed by atoms with E-state index in [0.717, 1.165) is 21.5 Å². The van der Waals surface area contributed by atoms with Crippen LogP contribution >= 0.6 is 11.3 Å². The number of carboxylic acid groups (broad SMARTS) is 2. The van der Waals surface area contributed by atoms with E-state index in [9.17, 15) is 14.7 Å². The van der Waals surface area contributed by atoms with Gasteiger partial charge in [-0.3, -0.25) is 4.79 Å². The lowest BCUT2D eigenvalue weighted by Crippen LogP contribution is -2.32. The summed E-state index contributed by atoms with van der Waals surface area (Å²) in [5.41, 5.74) is 2.97. The molecule has 0 aliphatic carbocycles. The van der Waals surface area contributed by atoms with E-state index >= 15 is 0 Å². The van der Waals surface area contributed by atoms with Gasteiger partial charge in [-0.05, 0) is 19.4 Å². The van der Waals surface area contributed by atoms with Crippen molar-refractivity contribution in [1.29, 1.82) is 0 Å². The molecule has 1 atom stereocenters. The molecule has 0 saturated carbocycles. The summed E-state index contributed by atoms with van der Waals surface area (Å²) in [6.45, 7) is 3.71. The number of nitrogens with one attached hydrogen (secondary N) is 1. The number of aromatic nitrogens is 2. The van der Waals surface area contributed by atoms with E-state index in [2.05, 4.69) is 15.3 Å². The first-order valence-electron chi connectivity index (χ1n) is 7.89. The highest BCUT2D eigenvalue weighted by Crippen LogP contribution is 2.37. The first kappa shape index (κ1) is 17.8. The maximum absolute atomic E-state index is 11.4. The second-order valence-corrected chi connectivity index (χ2v) is 6.81. The number of fused-ring (bicyclic) bond motifs is 1. The minimum absolute atomic E-state index is 0.331. The molecule has 3 aromatic rings. The van der Waals surface area contributed by atoms with Gasteiger partial charge >= 0.3 is 11.9 Å². The van der Waals surface area contributed by atoms with E-state index < -0.39 is 24.4 Å². The summed E-state index contributed by atoms with van der Waals surface area (Å²) in [4.78, 5) is 31.9. The highest BCUT2D eigenvalue weighted by molar-refractivity contribution is 7.17. The van der Waals surface area contributed by atoms with Gasteiger partial charge in [0.1, 0.15) is 22.5 Å². The molecule has 2 heterocycles. The van der Waals surface area contributed by atoms with Crippen molar-refractivity contribution in [3.63, 3.8) is 0 Å². The first-order valence-corrected chi connectivity index (χ1v) is 8.77. The standard InChI is InChI=1S/C18H17N3O4S/c1-9-3-5-11(6-4-9)12-8-26-17-15(12)16(19-10(2)20-17)21-13(18(24)25)7-14(22)23/h3-6,8,13H,7H2,1-2H3,(H,22,23)(H,24,25)(H,19,20,21). The molecule has 1 aromatic carbocycles. The van der Waals surface area contributed by atoms with Gasteiger partial charge in [0.05, 0.1) is 11.8 Å². The summed E-state index contributed by atoms with van der Waals surface area (Å²) in [6, 6.07) is 6.66. The fourth-order valence-corrected chi connectivity index (χ4v) is 3.63. The third-order valence-corrected chi connectivity index (χ3v) is 4.77. The van der Waals surface area contributed by atoms with Gasteiger partial charge in [0.25, 0.3) is 0 Å². The largest absolute Gasteiger partial charge is 0.481 e. The molecule has 7 nitrogen and oxygen atoms in total. The van der Waals surface area contributed by atoms with Gasteiger partial charge in [0.15, 0.2) is 0 Å². The Balaban J connectivity index is 2.11. The van der Waals surface area contributed by atoms with Crippen molar-refractivity contribution in [3.05, 3.63) is 41.0 Å². The SMILES string of the molecule is Cc1ccc(-c2csc3nc(C)nc(NC(CC(=O)O)C(=O)O)c23)cc1. The Hall–Kier alpha value is -3.00. The number of benzene rings is 1. The maximum atomic E-state index is 11.4. The number of aliphatic carboxylic acids is 2. The summed E-state index contributed by atoms with van der Waals surface area (Å²) >= 11 is 1.44. The fourth-order valence-electron chi connectivity index (χ4n) is 2.64. The van der Waals surface area contributed by atoms with E-state index in [4.69, 9.17) is 5.11 Å². The number of rotatable bonds is 6.